The van der Waals surface area contributed by atoms with Gasteiger partial charge < -0.3 is 20.3 Å². The molecule has 2 fully saturated rings. The molecule has 8 nitrogen and oxygen atoms in total. The van der Waals surface area contributed by atoms with Crippen molar-refractivity contribution in [3.8, 4) is 0 Å². The summed E-state index contributed by atoms with van der Waals surface area (Å²) in [6, 6.07) is 0.468. The van der Waals surface area contributed by atoms with E-state index >= 15 is 0 Å². The number of rotatable bonds is 4. The van der Waals surface area contributed by atoms with Crippen molar-refractivity contribution >= 4 is 23.1 Å². The van der Waals surface area contributed by atoms with E-state index in [1.54, 1.807) is 0 Å². The monoisotopic (exact) mass is 372 g/mol. The summed E-state index contributed by atoms with van der Waals surface area (Å²) in [4.78, 5) is 26.4. The van der Waals surface area contributed by atoms with E-state index in [4.69, 9.17) is 15.8 Å². The lowest BCUT2D eigenvalue weighted by Crippen LogP contribution is -2.39. The molecule has 2 aromatic rings. The Labute approximate surface area is 158 Å². The maximum atomic E-state index is 11.1. The molecule has 2 aliphatic rings. The van der Waals surface area contributed by atoms with Crippen LogP contribution in [0.15, 0.2) is 6.33 Å². The van der Waals surface area contributed by atoms with Gasteiger partial charge in [-0.2, -0.15) is 0 Å². The number of piperidine rings is 1. The second-order valence-electron chi connectivity index (χ2n) is 8.08. The van der Waals surface area contributed by atoms with Crippen molar-refractivity contribution in [2.45, 2.75) is 57.9 Å². The highest BCUT2D eigenvalue weighted by molar-refractivity contribution is 5.81. The molecule has 8 heteroatoms. The molecule has 146 valence electrons. The van der Waals surface area contributed by atoms with Crippen LogP contribution in [0.1, 0.15) is 57.3 Å². The first kappa shape index (κ1) is 18.0. The Morgan fingerprint density at radius 2 is 1.96 bits per heavy atom. The van der Waals surface area contributed by atoms with Gasteiger partial charge in [0.05, 0.1) is 6.33 Å². The average Bonchev–Trinajstić information content (AvgIpc) is 3.31. The van der Waals surface area contributed by atoms with Crippen molar-refractivity contribution in [3.63, 3.8) is 0 Å². The van der Waals surface area contributed by atoms with E-state index in [0.717, 1.165) is 30.7 Å². The molecule has 0 spiro atoms. The molecule has 0 aromatic carbocycles. The van der Waals surface area contributed by atoms with E-state index in [9.17, 15) is 4.79 Å². The fourth-order valence-electron chi connectivity index (χ4n) is 4.64. The summed E-state index contributed by atoms with van der Waals surface area (Å²) in [5.74, 6) is 2.11. The third-order valence-corrected chi connectivity index (χ3v) is 6.33. The van der Waals surface area contributed by atoms with Gasteiger partial charge in [-0.25, -0.2) is 19.7 Å². The first-order chi connectivity index (χ1) is 13.0. The largest absolute Gasteiger partial charge is 0.465 e. The lowest BCUT2D eigenvalue weighted by molar-refractivity contribution is 0.114. The number of amides is 1. The molecule has 1 aliphatic heterocycles. The first-order valence-corrected chi connectivity index (χ1v) is 9.99. The van der Waals surface area contributed by atoms with Gasteiger partial charge in [-0.15, -0.1) is 0 Å². The zero-order chi connectivity index (χ0) is 19.0. The number of fused-ring (bicyclic) bond motifs is 1. The Morgan fingerprint density at radius 1 is 1.26 bits per heavy atom. The van der Waals surface area contributed by atoms with Crippen molar-refractivity contribution in [2.75, 3.05) is 18.8 Å². The minimum Gasteiger partial charge on any atom is -0.465 e. The van der Waals surface area contributed by atoms with Gasteiger partial charge in [0, 0.05) is 25.6 Å². The summed E-state index contributed by atoms with van der Waals surface area (Å²) in [7, 11) is 0. The van der Waals surface area contributed by atoms with Crippen molar-refractivity contribution in [3.05, 3.63) is 12.2 Å². The molecule has 4 rings (SSSR count). The number of carbonyl (C=O) groups is 1. The van der Waals surface area contributed by atoms with E-state index in [2.05, 4.69) is 21.5 Å². The van der Waals surface area contributed by atoms with Crippen LogP contribution in [0.25, 0.3) is 11.2 Å². The van der Waals surface area contributed by atoms with Gasteiger partial charge in [-0.1, -0.05) is 19.8 Å². The summed E-state index contributed by atoms with van der Waals surface area (Å²) < 4.78 is 2.18. The molecule has 3 heterocycles. The second kappa shape index (κ2) is 7.32. The van der Waals surface area contributed by atoms with Crippen LogP contribution >= 0.6 is 0 Å². The normalized spacial score (nSPS) is 20.4. The molecule has 1 saturated heterocycles. The van der Waals surface area contributed by atoms with E-state index in [1.165, 1.54) is 30.6 Å². The standard InChI is InChI=1S/C19H28N6O2/c1-12(13-6-8-24(9-7-13)19(26)27)10-15-22-17(20)16-18(23-15)25(11-21-16)14-4-2-3-5-14/h11-14H,2-10H2,1H3,(H,26,27)(H2,20,22,23). The predicted molar refractivity (Wildman–Crippen MR) is 102 cm³/mol. The lowest BCUT2D eigenvalue weighted by Gasteiger charge is -2.33. The number of hydrogen-bond donors (Lipinski definition) is 2. The topological polar surface area (TPSA) is 110 Å². The Balaban J connectivity index is 1.50. The van der Waals surface area contributed by atoms with Gasteiger partial charge in [0.1, 0.15) is 11.3 Å². The van der Waals surface area contributed by atoms with Gasteiger partial charge in [-0.3, -0.25) is 0 Å². The smallest absolute Gasteiger partial charge is 0.407 e. The number of nitrogens with zero attached hydrogens (tertiary/aromatic N) is 5. The molecule has 0 radical (unpaired) electrons. The summed E-state index contributed by atoms with van der Waals surface area (Å²) in [5, 5.41) is 9.11. The van der Waals surface area contributed by atoms with Crippen LogP contribution < -0.4 is 5.73 Å². The number of imidazole rings is 1. The highest BCUT2D eigenvalue weighted by Gasteiger charge is 2.27. The maximum absolute atomic E-state index is 11.1. The number of hydrogen-bond acceptors (Lipinski definition) is 5. The molecule has 1 atom stereocenters. The number of carboxylic acid groups (broad SMARTS) is 1. The van der Waals surface area contributed by atoms with Crippen molar-refractivity contribution < 1.29 is 9.90 Å². The average molecular weight is 372 g/mol. The lowest BCUT2D eigenvalue weighted by atomic mass is 9.83. The Morgan fingerprint density at radius 3 is 2.63 bits per heavy atom. The van der Waals surface area contributed by atoms with E-state index in [1.807, 2.05) is 6.33 Å². The molecular weight excluding hydrogens is 344 g/mol. The third-order valence-electron chi connectivity index (χ3n) is 6.33. The Hall–Kier alpha value is -2.38. The Bertz CT molecular complexity index is 821. The van der Waals surface area contributed by atoms with Crippen LogP contribution in [0, 0.1) is 11.8 Å². The van der Waals surface area contributed by atoms with E-state index in [0.29, 0.717) is 42.3 Å². The molecule has 27 heavy (non-hydrogen) atoms. The summed E-state index contributed by atoms with van der Waals surface area (Å²) in [6.45, 7) is 3.43. The van der Waals surface area contributed by atoms with Crippen molar-refractivity contribution in [1.29, 1.82) is 0 Å². The van der Waals surface area contributed by atoms with Gasteiger partial charge >= 0.3 is 6.09 Å². The zero-order valence-corrected chi connectivity index (χ0v) is 15.8. The predicted octanol–water partition coefficient (Wildman–Crippen LogP) is 3.09. The number of aromatic nitrogens is 4. The summed E-state index contributed by atoms with van der Waals surface area (Å²) >= 11 is 0. The SMILES string of the molecule is CC(Cc1nc(N)c2ncn(C3CCCC3)c2n1)C1CCN(C(=O)O)CC1. The molecule has 2 aromatic heterocycles. The van der Waals surface area contributed by atoms with Crippen molar-refractivity contribution in [1.82, 2.24) is 24.4 Å². The summed E-state index contributed by atoms with van der Waals surface area (Å²) in [6.07, 6.45) is 8.44. The fourth-order valence-corrected chi connectivity index (χ4v) is 4.64. The minimum atomic E-state index is -0.817. The highest BCUT2D eigenvalue weighted by atomic mass is 16.4. The van der Waals surface area contributed by atoms with Gasteiger partial charge in [0.25, 0.3) is 0 Å². The van der Waals surface area contributed by atoms with Crippen LogP contribution in [0.5, 0.6) is 0 Å². The van der Waals surface area contributed by atoms with Crippen LogP contribution in [-0.4, -0.2) is 48.7 Å². The molecule has 1 aliphatic carbocycles. The quantitative estimate of drug-likeness (QED) is 0.853. The highest BCUT2D eigenvalue weighted by Crippen LogP contribution is 2.33. The Kier molecular flexibility index (Phi) is 4.88. The van der Waals surface area contributed by atoms with Crippen molar-refractivity contribution in [2.24, 2.45) is 11.8 Å². The number of likely N-dealkylation sites (tertiary alicyclic amines) is 1. The second-order valence-corrected chi connectivity index (χ2v) is 8.08. The number of anilines is 1. The maximum Gasteiger partial charge on any atom is 0.407 e. The summed E-state index contributed by atoms with van der Waals surface area (Å²) in [5.41, 5.74) is 7.74. The minimum absolute atomic E-state index is 0.389. The number of nitrogen functional groups attached to an aromatic ring is 1. The van der Waals surface area contributed by atoms with Crippen LogP contribution in [0.2, 0.25) is 0 Å². The van der Waals surface area contributed by atoms with Gasteiger partial charge in [0.2, 0.25) is 0 Å². The first-order valence-electron chi connectivity index (χ1n) is 9.99. The van der Waals surface area contributed by atoms with Crippen LogP contribution in [-0.2, 0) is 6.42 Å². The molecular formula is C19H28N6O2. The number of nitrogens with two attached hydrogens (primary N) is 1. The molecule has 1 unspecified atom stereocenters. The van der Waals surface area contributed by atoms with Crippen LogP contribution in [0.4, 0.5) is 10.6 Å². The molecule has 1 amide bonds. The molecule has 3 N–H and O–H groups in total. The molecule has 0 bridgehead atoms. The zero-order valence-electron chi connectivity index (χ0n) is 15.8. The third kappa shape index (κ3) is 3.57. The molecule has 1 saturated carbocycles. The van der Waals surface area contributed by atoms with Gasteiger partial charge in [0.15, 0.2) is 11.5 Å². The van der Waals surface area contributed by atoms with E-state index in [-0.39, 0.29) is 0 Å². The van der Waals surface area contributed by atoms with Crippen LogP contribution in [0.3, 0.4) is 0 Å². The van der Waals surface area contributed by atoms with E-state index < -0.39 is 6.09 Å². The fraction of sp³-hybridized carbons (Fsp3) is 0.684. The van der Waals surface area contributed by atoms with Gasteiger partial charge in [-0.05, 0) is 37.5 Å².